The van der Waals surface area contributed by atoms with Gasteiger partial charge in [-0.2, -0.15) is 5.10 Å². The largest absolute Gasteiger partial charge is 0.493 e. The smallest absolute Gasteiger partial charge is 0.336 e. The van der Waals surface area contributed by atoms with Crippen molar-refractivity contribution in [1.29, 1.82) is 0 Å². The molecule has 0 saturated heterocycles. The van der Waals surface area contributed by atoms with Crippen molar-refractivity contribution < 1.29 is 27.5 Å². The molecule has 0 unspecified atom stereocenters. The fourth-order valence-corrected chi connectivity index (χ4v) is 4.63. The van der Waals surface area contributed by atoms with Gasteiger partial charge in [-0.25, -0.2) is 18.6 Å². The Morgan fingerprint density at radius 3 is 2.22 bits per heavy atom. The summed E-state index contributed by atoms with van der Waals surface area (Å²) in [5, 5.41) is 3.96. The number of methoxy groups -OCH3 is 1. The molecule has 4 rings (SSSR count). The molecule has 0 spiro atoms. The quantitative estimate of drug-likeness (QED) is 0.0891. The third-order valence-corrected chi connectivity index (χ3v) is 7.12. The molecule has 41 heavy (non-hydrogen) atoms. The molecular formula is C31H27N3O6S. The first-order chi connectivity index (χ1) is 19.7. The molecule has 2 N–H and O–H groups in total. The Labute approximate surface area is 238 Å². The minimum Gasteiger partial charge on any atom is -0.493 e. The third-order valence-electron chi connectivity index (χ3n) is 5.72. The Morgan fingerprint density at radius 2 is 1.54 bits per heavy atom. The summed E-state index contributed by atoms with van der Waals surface area (Å²) in [6.45, 7) is 1.87. The molecule has 0 radical (unpaired) electrons. The van der Waals surface area contributed by atoms with Crippen LogP contribution in [0.4, 0.5) is 5.69 Å². The number of carbonyl (C=O) groups excluding carboxylic acids is 2. The monoisotopic (exact) mass is 569 g/mol. The van der Waals surface area contributed by atoms with Crippen molar-refractivity contribution in [1.82, 2.24) is 5.43 Å². The van der Waals surface area contributed by atoms with E-state index in [1.54, 1.807) is 36.4 Å². The highest BCUT2D eigenvalue weighted by Gasteiger charge is 2.14. The zero-order chi connectivity index (χ0) is 29.2. The van der Waals surface area contributed by atoms with Gasteiger partial charge in [0.25, 0.3) is 15.9 Å². The van der Waals surface area contributed by atoms with Gasteiger partial charge < -0.3 is 9.47 Å². The van der Waals surface area contributed by atoms with E-state index in [4.69, 9.17) is 9.47 Å². The Kier molecular flexibility index (Phi) is 9.28. The van der Waals surface area contributed by atoms with Crippen LogP contribution in [0.15, 0.2) is 113 Å². The number of hydrogen-bond acceptors (Lipinski definition) is 7. The molecule has 4 aromatic carbocycles. The Balaban J connectivity index is 1.33. The first-order valence-electron chi connectivity index (χ1n) is 12.4. The summed E-state index contributed by atoms with van der Waals surface area (Å²) in [7, 11) is -2.31. The van der Waals surface area contributed by atoms with Crippen LogP contribution in [0.5, 0.6) is 11.5 Å². The maximum absolute atomic E-state index is 12.6. The highest BCUT2D eigenvalue weighted by molar-refractivity contribution is 7.92. The van der Waals surface area contributed by atoms with Gasteiger partial charge in [-0.15, -0.1) is 0 Å². The summed E-state index contributed by atoms with van der Waals surface area (Å²) in [5.74, 6) is -0.508. The number of hydrogen-bond donors (Lipinski definition) is 2. The van der Waals surface area contributed by atoms with Gasteiger partial charge in [-0.3, -0.25) is 9.52 Å². The van der Waals surface area contributed by atoms with Gasteiger partial charge in [0.2, 0.25) is 0 Å². The molecule has 0 aliphatic rings. The van der Waals surface area contributed by atoms with Crippen molar-refractivity contribution in [2.45, 2.75) is 11.8 Å². The number of ether oxygens (including phenoxy) is 2. The van der Waals surface area contributed by atoms with E-state index < -0.39 is 21.9 Å². The molecular weight excluding hydrogens is 542 g/mol. The maximum atomic E-state index is 12.6. The zero-order valence-corrected chi connectivity index (χ0v) is 23.1. The second-order valence-electron chi connectivity index (χ2n) is 8.77. The first kappa shape index (κ1) is 28.8. The van der Waals surface area contributed by atoms with Crippen LogP contribution in [-0.4, -0.2) is 33.6 Å². The number of hydrazone groups is 1. The van der Waals surface area contributed by atoms with Gasteiger partial charge in [-0.05, 0) is 78.7 Å². The van der Waals surface area contributed by atoms with Crippen molar-refractivity contribution in [2.75, 3.05) is 11.8 Å². The van der Waals surface area contributed by atoms with Gasteiger partial charge in [0, 0.05) is 17.3 Å². The third kappa shape index (κ3) is 8.13. The first-order valence-corrected chi connectivity index (χ1v) is 13.9. The molecule has 0 heterocycles. The summed E-state index contributed by atoms with van der Waals surface area (Å²) in [6.07, 6.45) is 4.38. The molecule has 0 fully saturated rings. The molecule has 9 nitrogen and oxygen atoms in total. The summed E-state index contributed by atoms with van der Waals surface area (Å²) < 4.78 is 38.3. The molecule has 0 aromatic heterocycles. The predicted molar refractivity (Wildman–Crippen MR) is 158 cm³/mol. The topological polar surface area (TPSA) is 123 Å². The molecule has 10 heteroatoms. The molecule has 4 aromatic rings. The van der Waals surface area contributed by atoms with Crippen LogP contribution in [0.2, 0.25) is 0 Å². The second-order valence-corrected chi connectivity index (χ2v) is 10.5. The minimum absolute atomic E-state index is 0.141. The summed E-state index contributed by atoms with van der Waals surface area (Å²) >= 11 is 0. The fourth-order valence-electron chi connectivity index (χ4n) is 3.57. The van der Waals surface area contributed by atoms with Crippen LogP contribution in [0.1, 0.15) is 27.0 Å². The second kappa shape index (κ2) is 13.2. The molecule has 0 aliphatic heterocycles. The lowest BCUT2D eigenvalue weighted by molar-refractivity contribution is -0.129. The van der Waals surface area contributed by atoms with E-state index in [1.807, 2.05) is 37.3 Å². The van der Waals surface area contributed by atoms with E-state index in [1.165, 1.54) is 55.8 Å². The molecule has 0 bridgehead atoms. The number of amides is 1. The fraction of sp³-hybridized carbons (Fsp3) is 0.0645. The van der Waals surface area contributed by atoms with Crippen molar-refractivity contribution >= 4 is 39.9 Å². The van der Waals surface area contributed by atoms with E-state index in [-0.39, 0.29) is 16.2 Å². The van der Waals surface area contributed by atoms with Crippen molar-refractivity contribution in [2.24, 2.45) is 5.10 Å². The molecule has 0 atom stereocenters. The van der Waals surface area contributed by atoms with Gasteiger partial charge in [0.1, 0.15) is 0 Å². The normalized spacial score (nSPS) is 11.4. The number of anilines is 1. The average molecular weight is 570 g/mol. The van der Waals surface area contributed by atoms with Gasteiger partial charge >= 0.3 is 5.97 Å². The van der Waals surface area contributed by atoms with Crippen LogP contribution >= 0.6 is 0 Å². The van der Waals surface area contributed by atoms with E-state index in [0.717, 1.165) is 11.1 Å². The van der Waals surface area contributed by atoms with Crippen LogP contribution in [0.3, 0.4) is 0 Å². The zero-order valence-electron chi connectivity index (χ0n) is 22.3. The number of benzene rings is 4. The number of aryl methyl sites for hydroxylation is 1. The summed E-state index contributed by atoms with van der Waals surface area (Å²) in [6, 6.07) is 26.6. The molecule has 0 saturated carbocycles. The Morgan fingerprint density at radius 1 is 0.829 bits per heavy atom. The number of esters is 1. The highest BCUT2D eigenvalue weighted by atomic mass is 32.2. The predicted octanol–water partition coefficient (Wildman–Crippen LogP) is 5.19. The van der Waals surface area contributed by atoms with E-state index in [2.05, 4.69) is 15.2 Å². The molecule has 1 amide bonds. The SMILES string of the molecule is COc1cc(C=NNC(=O)c2ccc(NS(=O)(=O)c3ccc(C)cc3)cc2)ccc1OC(=O)C=Cc1ccccc1. The molecule has 208 valence electrons. The molecule has 0 aliphatic carbocycles. The van der Waals surface area contributed by atoms with Crippen LogP contribution in [-0.2, 0) is 14.8 Å². The van der Waals surface area contributed by atoms with Crippen LogP contribution in [0.25, 0.3) is 6.08 Å². The van der Waals surface area contributed by atoms with Crippen LogP contribution < -0.4 is 19.6 Å². The van der Waals surface area contributed by atoms with E-state index >= 15 is 0 Å². The van der Waals surface area contributed by atoms with Gasteiger partial charge in [0.15, 0.2) is 11.5 Å². The Bertz CT molecular complexity index is 1680. The lowest BCUT2D eigenvalue weighted by Gasteiger charge is -2.09. The van der Waals surface area contributed by atoms with E-state index in [0.29, 0.717) is 17.0 Å². The number of carbonyl (C=O) groups is 2. The summed E-state index contributed by atoms with van der Waals surface area (Å²) in [4.78, 5) is 24.8. The highest BCUT2D eigenvalue weighted by Crippen LogP contribution is 2.28. The minimum atomic E-state index is -3.75. The standard InChI is InChI=1S/C31H27N3O6S/c1-22-8-16-27(17-9-22)41(37,38)34-26-14-12-25(13-15-26)31(36)33-32-21-24-10-18-28(29(20-24)39-2)40-30(35)19-11-23-6-4-3-5-7-23/h3-21,34H,1-2H3,(H,33,36). The van der Waals surface area contributed by atoms with Gasteiger partial charge in [0.05, 0.1) is 18.2 Å². The summed E-state index contributed by atoms with van der Waals surface area (Å²) in [5.41, 5.74) is 5.42. The van der Waals surface area contributed by atoms with Gasteiger partial charge in [-0.1, -0.05) is 48.0 Å². The number of nitrogens with one attached hydrogen (secondary N) is 2. The number of sulfonamides is 1. The number of rotatable bonds is 10. The van der Waals surface area contributed by atoms with Crippen LogP contribution in [0, 0.1) is 6.92 Å². The lowest BCUT2D eigenvalue weighted by atomic mass is 10.2. The average Bonchev–Trinajstić information content (AvgIpc) is 2.97. The Hall–Kier alpha value is -5.22. The number of nitrogens with zero attached hydrogens (tertiary/aromatic N) is 1. The van der Waals surface area contributed by atoms with Crippen molar-refractivity contribution in [3.8, 4) is 11.5 Å². The van der Waals surface area contributed by atoms with Crippen molar-refractivity contribution in [3.05, 3.63) is 125 Å². The lowest BCUT2D eigenvalue weighted by Crippen LogP contribution is -2.18. The van der Waals surface area contributed by atoms with Crippen molar-refractivity contribution in [3.63, 3.8) is 0 Å². The maximum Gasteiger partial charge on any atom is 0.336 e. The van der Waals surface area contributed by atoms with E-state index in [9.17, 15) is 18.0 Å².